The van der Waals surface area contributed by atoms with Crippen LogP contribution in [0.25, 0.3) is 0 Å². The summed E-state index contributed by atoms with van der Waals surface area (Å²) in [5, 5.41) is 0. The van der Waals surface area contributed by atoms with Crippen LogP contribution in [0.1, 0.15) is 11.1 Å². The molecule has 6 aromatic carbocycles. The molecule has 2 fully saturated rings. The van der Waals surface area contributed by atoms with Crippen LogP contribution in [0.2, 0.25) is 0 Å². The fourth-order valence-electron chi connectivity index (χ4n) is 7.27. The van der Waals surface area contributed by atoms with Gasteiger partial charge in [0.05, 0.1) is 21.2 Å². The van der Waals surface area contributed by atoms with E-state index in [0.717, 1.165) is 22.5 Å². The molecule has 300 valence electrons. The third-order valence-corrected chi connectivity index (χ3v) is 12.3. The molecule has 13 heteroatoms. The monoisotopic (exact) mass is 816 g/mol. The number of amidine groups is 2. The average Bonchev–Trinajstić information content (AvgIpc) is 3.26. The molecule has 0 saturated carbocycles. The van der Waals surface area contributed by atoms with Crippen molar-refractivity contribution < 1.29 is 26.0 Å². The van der Waals surface area contributed by atoms with Crippen molar-refractivity contribution in [1.29, 1.82) is 0 Å². The van der Waals surface area contributed by atoms with Crippen molar-refractivity contribution in [2.24, 2.45) is 9.98 Å². The maximum Gasteiger partial charge on any atom is 0.206 e. The molecule has 0 N–H and O–H groups in total. The molecule has 0 atom stereocenters. The zero-order valence-electron chi connectivity index (χ0n) is 31.9. The lowest BCUT2D eigenvalue weighted by Crippen LogP contribution is -2.49. The summed E-state index contributed by atoms with van der Waals surface area (Å²) in [5.74, 6) is -0.0535. The van der Waals surface area contributed by atoms with E-state index in [2.05, 4.69) is 19.6 Å². The van der Waals surface area contributed by atoms with E-state index in [-0.39, 0.29) is 33.1 Å². The van der Waals surface area contributed by atoms with Gasteiger partial charge in [0.2, 0.25) is 9.84 Å². The van der Waals surface area contributed by atoms with Gasteiger partial charge in [-0.25, -0.2) is 36.0 Å². The van der Waals surface area contributed by atoms with Gasteiger partial charge >= 0.3 is 0 Å². The van der Waals surface area contributed by atoms with Gasteiger partial charge in [-0.3, -0.25) is 0 Å². The summed E-state index contributed by atoms with van der Waals surface area (Å²) in [5.41, 5.74) is 4.35. The summed E-state index contributed by atoms with van der Waals surface area (Å²) >= 11 is 0. The summed E-state index contributed by atoms with van der Waals surface area (Å²) in [7, 11) is -3.91. The summed E-state index contributed by atoms with van der Waals surface area (Å²) in [6.45, 7) is 5.10. The molecular weight excluding hydrogens is 777 g/mol. The Morgan fingerprint density at radius 3 is 0.983 bits per heavy atom. The predicted octanol–water partition coefficient (Wildman–Crippen LogP) is 8.88. The molecule has 2 aliphatic heterocycles. The number of piperazine rings is 2. The fourth-order valence-corrected chi connectivity index (χ4v) is 8.53. The molecule has 0 amide bonds. The van der Waals surface area contributed by atoms with Crippen LogP contribution in [-0.2, 0) is 9.84 Å². The standard InChI is InChI=1S/C46H40F4N6O2S/c47-35-5-1-33(2-6-35)45(55-29-25-53(26-30-55)41-17-9-37(49)10-18-41)51-39-13-21-43(22-14-39)59(57,58)44-23-15-40(16-24-44)52-46(34-3-7-36(48)8-4-34)56-31-27-54(28-32-56)42-19-11-38(50)12-20-42/h1-24H,25-32H2. The van der Waals surface area contributed by atoms with E-state index in [4.69, 9.17) is 9.98 Å². The Kier molecular flexibility index (Phi) is 11.5. The van der Waals surface area contributed by atoms with Gasteiger partial charge in [-0.15, -0.1) is 0 Å². The van der Waals surface area contributed by atoms with Gasteiger partial charge in [-0.2, -0.15) is 0 Å². The maximum atomic E-state index is 13.9. The number of hydrogen-bond donors (Lipinski definition) is 0. The van der Waals surface area contributed by atoms with Crippen molar-refractivity contribution >= 4 is 44.3 Å². The van der Waals surface area contributed by atoms with Crippen LogP contribution in [0.5, 0.6) is 0 Å². The highest BCUT2D eigenvalue weighted by atomic mass is 32.2. The normalized spacial score (nSPS) is 15.5. The summed E-state index contributed by atoms with van der Waals surface area (Å²) in [6, 6.07) is 37.7. The quantitative estimate of drug-likeness (QED) is 0.0869. The Morgan fingerprint density at radius 1 is 0.390 bits per heavy atom. The Hall–Kier alpha value is -6.47. The zero-order chi connectivity index (χ0) is 40.9. The van der Waals surface area contributed by atoms with Crippen molar-refractivity contribution in [3.63, 3.8) is 0 Å². The Balaban J connectivity index is 0.995. The van der Waals surface area contributed by atoms with E-state index < -0.39 is 9.84 Å². The van der Waals surface area contributed by atoms with Crippen LogP contribution in [0, 0.1) is 23.3 Å². The van der Waals surface area contributed by atoms with Gasteiger partial charge in [0, 0.05) is 74.9 Å². The molecule has 0 aromatic heterocycles. The molecule has 2 heterocycles. The van der Waals surface area contributed by atoms with Crippen molar-refractivity contribution in [1.82, 2.24) is 9.80 Å². The second-order valence-electron chi connectivity index (χ2n) is 14.3. The molecule has 2 aliphatic rings. The largest absolute Gasteiger partial charge is 0.368 e. The minimum atomic E-state index is -3.91. The number of anilines is 2. The van der Waals surface area contributed by atoms with Gasteiger partial charge in [0.15, 0.2) is 0 Å². The minimum absolute atomic E-state index is 0.0926. The van der Waals surface area contributed by atoms with Gasteiger partial charge in [0.25, 0.3) is 0 Å². The summed E-state index contributed by atoms with van der Waals surface area (Å²) < 4.78 is 82.5. The number of benzene rings is 6. The Bertz CT molecular complexity index is 2360. The third kappa shape index (κ3) is 9.15. The Morgan fingerprint density at radius 2 is 0.678 bits per heavy atom. The number of aliphatic imine (C=N–C) groups is 2. The van der Waals surface area contributed by atoms with E-state index in [9.17, 15) is 26.0 Å². The van der Waals surface area contributed by atoms with Gasteiger partial charge in [-0.1, -0.05) is 0 Å². The van der Waals surface area contributed by atoms with E-state index >= 15 is 0 Å². The van der Waals surface area contributed by atoms with Crippen LogP contribution in [0.3, 0.4) is 0 Å². The lowest BCUT2D eigenvalue weighted by Gasteiger charge is -2.38. The molecule has 59 heavy (non-hydrogen) atoms. The van der Waals surface area contributed by atoms with Crippen molar-refractivity contribution in [3.8, 4) is 0 Å². The fraction of sp³-hybridized carbons (Fsp3) is 0.174. The third-order valence-electron chi connectivity index (χ3n) is 10.5. The van der Waals surface area contributed by atoms with Crippen molar-refractivity contribution in [2.45, 2.75) is 9.79 Å². The highest BCUT2D eigenvalue weighted by Gasteiger charge is 2.24. The number of sulfone groups is 1. The van der Waals surface area contributed by atoms with Crippen molar-refractivity contribution in [3.05, 3.63) is 180 Å². The second kappa shape index (κ2) is 17.2. The minimum Gasteiger partial charge on any atom is -0.368 e. The highest BCUT2D eigenvalue weighted by Crippen LogP contribution is 2.28. The predicted molar refractivity (Wildman–Crippen MR) is 224 cm³/mol. The lowest BCUT2D eigenvalue weighted by molar-refractivity contribution is 0.386. The first-order valence-electron chi connectivity index (χ1n) is 19.2. The first kappa shape index (κ1) is 39.4. The molecule has 0 spiro atoms. The van der Waals surface area contributed by atoms with E-state index in [1.807, 2.05) is 0 Å². The van der Waals surface area contributed by atoms with Crippen LogP contribution in [0.15, 0.2) is 165 Å². The lowest BCUT2D eigenvalue weighted by atomic mass is 10.1. The number of hydrogen-bond acceptors (Lipinski definition) is 6. The second-order valence-corrected chi connectivity index (χ2v) is 16.2. The molecule has 8 rings (SSSR count). The molecular formula is C46H40F4N6O2S. The first-order valence-corrected chi connectivity index (χ1v) is 20.7. The van der Waals surface area contributed by atoms with E-state index in [1.165, 1.54) is 72.8 Å². The summed E-state index contributed by atoms with van der Waals surface area (Å²) in [4.78, 5) is 18.6. The summed E-state index contributed by atoms with van der Waals surface area (Å²) in [6.07, 6.45) is 0. The topological polar surface area (TPSA) is 71.8 Å². The molecule has 8 nitrogen and oxygen atoms in total. The smallest absolute Gasteiger partial charge is 0.206 e. The Labute approximate surface area is 340 Å². The van der Waals surface area contributed by atoms with Crippen LogP contribution in [-0.4, -0.2) is 82.2 Å². The first-order chi connectivity index (χ1) is 28.6. The van der Waals surface area contributed by atoms with Gasteiger partial charge < -0.3 is 19.6 Å². The number of halogens is 4. The molecule has 0 bridgehead atoms. The number of rotatable bonds is 8. The van der Waals surface area contributed by atoms with Crippen LogP contribution < -0.4 is 9.80 Å². The molecule has 0 unspecified atom stereocenters. The SMILES string of the molecule is O=S(=O)(c1ccc(N=C(c2ccc(F)cc2)N2CCN(c3ccc(F)cc3)CC2)cc1)c1ccc(N=C(c2ccc(F)cc2)N2CCN(c3ccc(F)cc3)CC2)cc1. The van der Waals surface area contributed by atoms with Crippen molar-refractivity contribution in [2.75, 3.05) is 62.2 Å². The number of nitrogens with zero attached hydrogens (tertiary/aromatic N) is 6. The van der Waals surface area contributed by atoms with E-state index in [0.29, 0.717) is 75.4 Å². The van der Waals surface area contributed by atoms with Gasteiger partial charge in [0.1, 0.15) is 34.9 Å². The highest BCUT2D eigenvalue weighted by molar-refractivity contribution is 7.91. The molecule has 0 radical (unpaired) electrons. The molecule has 0 aliphatic carbocycles. The van der Waals surface area contributed by atoms with E-state index in [1.54, 1.807) is 72.8 Å². The zero-order valence-corrected chi connectivity index (χ0v) is 32.7. The van der Waals surface area contributed by atoms with Crippen LogP contribution in [0.4, 0.5) is 40.3 Å². The molecule has 6 aromatic rings. The maximum absolute atomic E-state index is 13.9. The van der Waals surface area contributed by atoms with Crippen LogP contribution >= 0.6 is 0 Å². The van der Waals surface area contributed by atoms with Gasteiger partial charge in [-0.05, 0) is 146 Å². The average molecular weight is 817 g/mol. The molecule has 2 saturated heterocycles.